The van der Waals surface area contributed by atoms with E-state index in [4.69, 9.17) is 4.42 Å². The Morgan fingerprint density at radius 3 is 2.58 bits per heavy atom. The van der Waals surface area contributed by atoms with E-state index in [1.165, 1.54) is 9.78 Å². The Kier molecular flexibility index (Phi) is 3.22. The summed E-state index contributed by atoms with van der Waals surface area (Å²) in [5.74, 6) is 0. The number of para-hydroxylation sites is 1. The minimum atomic E-state index is -0.245. The molecule has 0 fully saturated rings. The summed E-state index contributed by atoms with van der Waals surface area (Å²) < 4.78 is 8.61. The van der Waals surface area contributed by atoms with E-state index in [2.05, 4.69) is 59.9 Å². The molecular weight excluding hydrogens is 363 g/mol. The Balaban J connectivity index is 2.31. The quantitative estimate of drug-likeness (QED) is 0.467. The van der Waals surface area contributed by atoms with E-state index in [9.17, 15) is 0 Å². The molecule has 0 saturated carbocycles. The van der Waals surface area contributed by atoms with Crippen molar-refractivity contribution in [2.75, 3.05) is 0 Å². The van der Waals surface area contributed by atoms with Gasteiger partial charge in [0.2, 0.25) is 0 Å². The van der Waals surface area contributed by atoms with Crippen molar-refractivity contribution in [3.8, 4) is 0 Å². The second-order valence-electron chi connectivity index (χ2n) is 5.64. The zero-order valence-corrected chi connectivity index (χ0v) is 14.8. The normalized spacial score (nSPS) is 12.4. The molecule has 2 heterocycles. The number of hydrogen-bond donors (Lipinski definition) is 0. The average Bonchev–Trinajstić information content (AvgIpc) is 2.69. The van der Waals surface area contributed by atoms with E-state index in [0.29, 0.717) is 4.25 Å². The van der Waals surface area contributed by atoms with Crippen molar-refractivity contribution in [2.24, 2.45) is 0 Å². The molecule has 2 radical (unpaired) electrons. The van der Waals surface area contributed by atoms with E-state index < -0.39 is 0 Å². The summed E-state index contributed by atoms with van der Waals surface area (Å²) in [7, 11) is 0. The van der Waals surface area contributed by atoms with Crippen molar-refractivity contribution in [2.45, 2.75) is 25.0 Å². The fraction of sp³-hybridized carbons (Fsp3) is 0.267. The third kappa shape index (κ3) is 2.46. The van der Waals surface area contributed by atoms with Gasteiger partial charge in [0.15, 0.2) is 0 Å². The minimum absolute atomic E-state index is 0.245. The first-order chi connectivity index (χ1) is 8.96. The topological polar surface area (TPSA) is 26.0 Å². The monoisotopic (exact) mass is 377 g/mol. The molecule has 0 N–H and O–H groups in total. The van der Waals surface area contributed by atoms with Gasteiger partial charge in [0.05, 0.1) is 0 Å². The first-order valence-electron chi connectivity index (χ1n) is 6.20. The summed E-state index contributed by atoms with van der Waals surface area (Å²) in [5, 5.41) is 2.34. The molecule has 0 amide bonds. The van der Waals surface area contributed by atoms with Gasteiger partial charge in [0.25, 0.3) is 0 Å². The molecule has 0 atom stereocenters. The van der Waals surface area contributed by atoms with Crippen LogP contribution in [0.2, 0.25) is 4.25 Å². The summed E-state index contributed by atoms with van der Waals surface area (Å²) in [6.07, 6.45) is 1.81. The van der Waals surface area contributed by atoms with Gasteiger partial charge in [-0.25, -0.2) is 0 Å². The first-order valence-corrected chi connectivity index (χ1v) is 9.09. The Bertz CT molecular complexity index is 758. The van der Waals surface area contributed by atoms with Crippen molar-refractivity contribution >= 4 is 57.7 Å². The van der Waals surface area contributed by atoms with Crippen LogP contribution < -0.4 is 4.40 Å². The summed E-state index contributed by atoms with van der Waals surface area (Å²) in [4.78, 5) is 4.24. The predicted octanol–water partition coefficient (Wildman–Crippen LogP) is 4.29. The first kappa shape index (κ1) is 13.2. The van der Waals surface area contributed by atoms with E-state index in [-0.39, 0.29) is 15.4 Å². The van der Waals surface area contributed by atoms with Crippen molar-refractivity contribution < 1.29 is 4.42 Å². The molecule has 96 valence electrons. The molecule has 1 aromatic carbocycles. The van der Waals surface area contributed by atoms with Crippen molar-refractivity contribution in [1.82, 2.24) is 4.98 Å². The Hall–Kier alpha value is -0.807. The number of halogens is 1. The SMILES string of the molecule is C[C](C)(C)[Ge][c]1cccc2c1oc1c(Br)nccc12. The number of aromatic nitrogens is 1. The zero-order chi connectivity index (χ0) is 13.6. The van der Waals surface area contributed by atoms with Gasteiger partial charge in [0.1, 0.15) is 0 Å². The maximum absolute atomic E-state index is 6.08. The molecule has 0 unspecified atom stereocenters. The number of hydrogen-bond acceptors (Lipinski definition) is 2. The van der Waals surface area contributed by atoms with Crippen LogP contribution in [0.4, 0.5) is 0 Å². The summed E-state index contributed by atoms with van der Waals surface area (Å²) in [6.45, 7) is 6.89. The van der Waals surface area contributed by atoms with Crippen LogP contribution in [0.25, 0.3) is 21.9 Å². The summed E-state index contributed by atoms with van der Waals surface area (Å²) in [5.41, 5.74) is 1.89. The maximum atomic E-state index is 6.08. The van der Waals surface area contributed by atoms with E-state index >= 15 is 0 Å². The third-order valence-electron chi connectivity index (χ3n) is 2.88. The van der Waals surface area contributed by atoms with Crippen LogP contribution in [0.15, 0.2) is 39.5 Å². The molecule has 2 aromatic heterocycles. The fourth-order valence-electron chi connectivity index (χ4n) is 2.20. The van der Waals surface area contributed by atoms with Crippen LogP contribution in [0, 0.1) is 0 Å². The van der Waals surface area contributed by atoms with Crippen LogP contribution in [0.1, 0.15) is 20.8 Å². The predicted molar refractivity (Wildman–Crippen MR) is 84.3 cm³/mol. The van der Waals surface area contributed by atoms with Crippen LogP contribution in [0.5, 0.6) is 0 Å². The standard InChI is InChI=1S/C15H14BrGeNO/c1-15(2,3)17-11-6-4-5-9-10-7-8-18-14(16)13(10)19-12(9)11/h4-8H,1-3H3. The van der Waals surface area contributed by atoms with Gasteiger partial charge in [-0.1, -0.05) is 0 Å². The molecule has 0 aliphatic heterocycles. The van der Waals surface area contributed by atoms with Gasteiger partial charge in [-0.05, 0) is 0 Å². The van der Waals surface area contributed by atoms with Crippen molar-refractivity contribution in [3.63, 3.8) is 0 Å². The zero-order valence-electron chi connectivity index (χ0n) is 11.1. The van der Waals surface area contributed by atoms with Gasteiger partial charge in [-0.15, -0.1) is 0 Å². The van der Waals surface area contributed by atoms with E-state index in [1.54, 1.807) is 0 Å². The summed E-state index contributed by atoms with van der Waals surface area (Å²) in [6, 6.07) is 8.49. The average molecular weight is 377 g/mol. The molecule has 2 nitrogen and oxygen atoms in total. The van der Waals surface area contributed by atoms with Crippen LogP contribution >= 0.6 is 15.9 Å². The number of benzene rings is 1. The van der Waals surface area contributed by atoms with Gasteiger partial charge >= 0.3 is 127 Å². The van der Waals surface area contributed by atoms with E-state index in [0.717, 1.165) is 21.2 Å². The fourth-order valence-corrected chi connectivity index (χ4v) is 5.31. The second-order valence-corrected chi connectivity index (χ2v) is 11.2. The molecular formula is C15H14BrGeNO. The van der Waals surface area contributed by atoms with Crippen molar-refractivity contribution in [3.05, 3.63) is 35.1 Å². The number of rotatable bonds is 1. The molecule has 0 spiro atoms. The molecule has 4 heteroatoms. The van der Waals surface area contributed by atoms with Gasteiger partial charge in [-0.2, -0.15) is 0 Å². The van der Waals surface area contributed by atoms with Crippen LogP contribution in [-0.4, -0.2) is 20.4 Å². The Morgan fingerprint density at radius 2 is 1.84 bits per heavy atom. The van der Waals surface area contributed by atoms with Gasteiger partial charge in [-0.3, -0.25) is 0 Å². The molecule has 0 bridgehead atoms. The molecule has 0 aliphatic carbocycles. The van der Waals surface area contributed by atoms with Gasteiger partial charge in [0, 0.05) is 0 Å². The molecule has 0 saturated heterocycles. The number of fused-ring (bicyclic) bond motifs is 3. The van der Waals surface area contributed by atoms with E-state index in [1.807, 2.05) is 12.3 Å². The summed E-state index contributed by atoms with van der Waals surface area (Å²) >= 11 is 3.22. The molecule has 0 aliphatic rings. The van der Waals surface area contributed by atoms with Crippen LogP contribution in [0.3, 0.4) is 0 Å². The third-order valence-corrected chi connectivity index (χ3v) is 6.41. The molecule has 3 aromatic rings. The molecule has 3 rings (SSSR count). The number of pyridine rings is 1. The Labute approximate surface area is 127 Å². The second kappa shape index (κ2) is 4.63. The number of nitrogens with zero attached hydrogens (tertiary/aromatic N) is 1. The van der Waals surface area contributed by atoms with Crippen LogP contribution in [-0.2, 0) is 0 Å². The van der Waals surface area contributed by atoms with Crippen molar-refractivity contribution in [1.29, 1.82) is 0 Å². The number of furan rings is 1. The van der Waals surface area contributed by atoms with Gasteiger partial charge < -0.3 is 0 Å². The Morgan fingerprint density at radius 1 is 1.11 bits per heavy atom. The molecule has 19 heavy (non-hydrogen) atoms.